The van der Waals surface area contributed by atoms with E-state index in [4.69, 9.17) is 11.6 Å². The largest absolute Gasteiger partial charge is 0.480 e. The van der Waals surface area contributed by atoms with Gasteiger partial charge < -0.3 is 5.11 Å². The van der Waals surface area contributed by atoms with Gasteiger partial charge in [0.1, 0.15) is 0 Å². The van der Waals surface area contributed by atoms with Gasteiger partial charge in [0.2, 0.25) is 0 Å². The molecule has 176 valence electrons. The van der Waals surface area contributed by atoms with Gasteiger partial charge in [0.05, 0.1) is 5.75 Å². The zero-order valence-electron chi connectivity index (χ0n) is 18.6. The Balaban J connectivity index is 1.53. The minimum Gasteiger partial charge on any atom is -0.480 e. The molecule has 0 bridgehead atoms. The van der Waals surface area contributed by atoms with Gasteiger partial charge in [-0.25, -0.2) is 13.2 Å². The molecule has 2 unspecified atom stereocenters. The van der Waals surface area contributed by atoms with Crippen molar-refractivity contribution in [3.05, 3.63) is 95.0 Å². The lowest BCUT2D eigenvalue weighted by Gasteiger charge is -2.36. The molecule has 3 aromatic carbocycles. The Hall–Kier alpha value is -3.16. The fraction of sp³-hybridized carbons (Fsp3) is 0.231. The summed E-state index contributed by atoms with van der Waals surface area (Å²) in [6, 6.07) is 23.0. The molecule has 0 saturated carbocycles. The van der Waals surface area contributed by atoms with E-state index in [1.807, 2.05) is 78.9 Å². The van der Waals surface area contributed by atoms with Crippen molar-refractivity contribution in [3.8, 4) is 11.1 Å². The zero-order chi connectivity index (χ0) is 24.3. The number of rotatable bonds is 7. The maximum Gasteiger partial charge on any atom is 0.330 e. The van der Waals surface area contributed by atoms with Crippen LogP contribution in [-0.4, -0.2) is 41.4 Å². The van der Waals surface area contributed by atoms with E-state index >= 15 is 0 Å². The summed E-state index contributed by atoms with van der Waals surface area (Å²) in [7, 11) is -3.97. The summed E-state index contributed by atoms with van der Waals surface area (Å²) in [5.74, 6) is -1.96. The predicted octanol–water partition coefficient (Wildman–Crippen LogP) is 5.20. The van der Waals surface area contributed by atoms with E-state index in [-0.39, 0.29) is 12.2 Å². The van der Waals surface area contributed by atoms with E-state index in [0.717, 1.165) is 26.7 Å². The Bertz CT molecular complexity index is 1290. The highest BCUT2D eigenvalue weighted by molar-refractivity contribution is 7.89. The van der Waals surface area contributed by atoms with Crippen LogP contribution in [-0.2, 0) is 21.2 Å². The first-order valence-electron chi connectivity index (χ1n) is 10.9. The molecule has 0 amide bonds. The third kappa shape index (κ3) is 5.32. The van der Waals surface area contributed by atoms with Crippen LogP contribution in [0.1, 0.15) is 30.4 Å². The first kappa shape index (κ1) is 24.0. The van der Waals surface area contributed by atoms with Crippen molar-refractivity contribution < 1.29 is 18.3 Å². The number of carbonyl (C=O) groups is 1. The maximum atomic E-state index is 13.3. The molecule has 3 aromatic rings. The van der Waals surface area contributed by atoms with Gasteiger partial charge in [-0.3, -0.25) is 0 Å². The first-order chi connectivity index (χ1) is 16.2. The highest BCUT2D eigenvalue weighted by atomic mass is 35.5. The number of hydrogen-bond donors (Lipinski definition) is 1. The molecule has 34 heavy (non-hydrogen) atoms. The third-order valence-corrected chi connectivity index (χ3v) is 7.80. The summed E-state index contributed by atoms with van der Waals surface area (Å²) in [5.41, 5.74) is 4.21. The van der Waals surface area contributed by atoms with Crippen molar-refractivity contribution in [2.24, 2.45) is 5.10 Å². The van der Waals surface area contributed by atoms with Crippen LogP contribution >= 0.6 is 11.6 Å². The molecule has 0 saturated heterocycles. The van der Waals surface area contributed by atoms with Gasteiger partial charge in [0, 0.05) is 16.7 Å². The van der Waals surface area contributed by atoms with Gasteiger partial charge >= 0.3 is 5.97 Å². The van der Waals surface area contributed by atoms with Crippen LogP contribution in [0.5, 0.6) is 0 Å². The van der Waals surface area contributed by atoms with Crippen molar-refractivity contribution >= 4 is 33.3 Å². The van der Waals surface area contributed by atoms with Crippen molar-refractivity contribution in [3.63, 3.8) is 0 Å². The molecule has 0 fully saturated rings. The van der Waals surface area contributed by atoms with E-state index in [2.05, 4.69) is 5.10 Å². The van der Waals surface area contributed by atoms with Gasteiger partial charge in [0.25, 0.3) is 10.0 Å². The van der Waals surface area contributed by atoms with Gasteiger partial charge in [-0.1, -0.05) is 78.3 Å². The van der Waals surface area contributed by atoms with Gasteiger partial charge in [-0.2, -0.15) is 9.52 Å². The molecule has 0 aliphatic carbocycles. The average Bonchev–Trinajstić information content (AvgIpc) is 2.83. The monoisotopic (exact) mass is 496 g/mol. The lowest BCUT2D eigenvalue weighted by molar-refractivity contribution is -0.142. The smallest absolute Gasteiger partial charge is 0.330 e. The summed E-state index contributed by atoms with van der Waals surface area (Å²) >= 11 is 5.95. The Morgan fingerprint density at radius 3 is 2.18 bits per heavy atom. The third-order valence-electron chi connectivity index (χ3n) is 5.95. The molecule has 2 atom stereocenters. The van der Waals surface area contributed by atoms with E-state index < -0.39 is 28.0 Å². The number of carboxylic acids is 1. The molecule has 1 aliphatic rings. The molecule has 0 spiro atoms. The quantitative estimate of drug-likeness (QED) is 0.487. The molecule has 1 N–H and O–H groups in total. The average molecular weight is 497 g/mol. The van der Waals surface area contributed by atoms with Crippen LogP contribution in [0, 0.1) is 0 Å². The van der Waals surface area contributed by atoms with E-state index in [9.17, 15) is 18.3 Å². The summed E-state index contributed by atoms with van der Waals surface area (Å²) < 4.78 is 27.3. The van der Waals surface area contributed by atoms with Crippen molar-refractivity contribution in [1.82, 2.24) is 4.41 Å². The molecule has 0 radical (unpaired) electrons. The first-order valence-corrected chi connectivity index (χ1v) is 12.9. The second kappa shape index (κ2) is 9.99. The number of benzene rings is 3. The lowest BCUT2D eigenvalue weighted by atomic mass is 9.86. The molecule has 1 heterocycles. The summed E-state index contributed by atoms with van der Waals surface area (Å²) in [6.07, 6.45) is 0.635. The minimum absolute atomic E-state index is 0.241. The molecule has 4 rings (SSSR count). The molecule has 1 aliphatic heterocycles. The number of nitrogens with zero attached hydrogens (tertiary/aromatic N) is 2. The Morgan fingerprint density at radius 2 is 1.59 bits per heavy atom. The standard InChI is InChI=1S/C26H25ClN2O4S/c1-18-17-24(22-5-3-2-4-6-22)25(26(30)31)29(28-18)34(32,33)16-15-19-7-9-20(10-8-19)21-11-13-23(27)14-12-21/h2-14,24-25H,15-17H2,1H3,(H,30,31). The van der Waals surface area contributed by atoms with Crippen LogP contribution in [0.15, 0.2) is 84.0 Å². The highest BCUT2D eigenvalue weighted by Gasteiger charge is 2.43. The number of sulfonamides is 1. The van der Waals surface area contributed by atoms with Crippen molar-refractivity contribution in [2.75, 3.05) is 5.75 Å². The van der Waals surface area contributed by atoms with Crippen molar-refractivity contribution in [1.29, 1.82) is 0 Å². The fourth-order valence-electron chi connectivity index (χ4n) is 4.20. The maximum absolute atomic E-state index is 13.3. The van der Waals surface area contributed by atoms with E-state index in [0.29, 0.717) is 17.2 Å². The topological polar surface area (TPSA) is 87.0 Å². The number of halogens is 1. The number of aliphatic carboxylic acids is 1. The van der Waals surface area contributed by atoms with Crippen LogP contribution in [0.3, 0.4) is 0 Å². The van der Waals surface area contributed by atoms with Crippen LogP contribution in [0.2, 0.25) is 5.02 Å². The minimum atomic E-state index is -3.97. The Labute approximate surface area is 204 Å². The molecule has 8 heteroatoms. The number of aryl methyl sites for hydroxylation is 1. The summed E-state index contributed by atoms with van der Waals surface area (Å²) in [5, 5.41) is 14.8. The summed E-state index contributed by atoms with van der Waals surface area (Å²) in [4.78, 5) is 12.2. The predicted molar refractivity (Wildman–Crippen MR) is 135 cm³/mol. The normalized spacial score (nSPS) is 18.4. The Kier molecular flexibility index (Phi) is 7.05. The molecular weight excluding hydrogens is 472 g/mol. The zero-order valence-corrected chi connectivity index (χ0v) is 20.2. The lowest BCUT2D eigenvalue weighted by Crippen LogP contribution is -2.49. The number of carboxylic acid groups (broad SMARTS) is 1. The van der Waals surface area contributed by atoms with Crippen LogP contribution in [0.4, 0.5) is 0 Å². The van der Waals surface area contributed by atoms with Crippen LogP contribution in [0.25, 0.3) is 11.1 Å². The van der Waals surface area contributed by atoms with E-state index in [1.165, 1.54) is 0 Å². The SMILES string of the molecule is CC1=NN(S(=O)(=O)CCc2ccc(-c3ccc(Cl)cc3)cc2)C(C(=O)O)C(c2ccccc2)C1. The molecule has 0 aromatic heterocycles. The second-order valence-electron chi connectivity index (χ2n) is 8.38. The summed E-state index contributed by atoms with van der Waals surface area (Å²) in [6.45, 7) is 1.73. The second-order valence-corrected chi connectivity index (χ2v) is 10.8. The van der Waals surface area contributed by atoms with E-state index in [1.54, 1.807) is 6.92 Å². The Morgan fingerprint density at radius 1 is 1.00 bits per heavy atom. The number of hydrogen-bond acceptors (Lipinski definition) is 4. The highest BCUT2D eigenvalue weighted by Crippen LogP contribution is 2.34. The molecule has 6 nitrogen and oxygen atoms in total. The van der Waals surface area contributed by atoms with Gasteiger partial charge in [-0.15, -0.1) is 0 Å². The number of hydrazone groups is 1. The fourth-order valence-corrected chi connectivity index (χ4v) is 5.86. The molecular formula is C26H25ClN2O4S. The van der Waals surface area contributed by atoms with Crippen LogP contribution < -0.4 is 0 Å². The van der Waals surface area contributed by atoms with Gasteiger partial charge in [0.15, 0.2) is 6.04 Å². The van der Waals surface area contributed by atoms with Crippen molar-refractivity contribution in [2.45, 2.75) is 31.7 Å². The van der Waals surface area contributed by atoms with Gasteiger partial charge in [-0.05, 0) is 54.2 Å².